The fraction of sp³-hybridized carbons (Fsp3) is 0.125. The predicted octanol–water partition coefficient (Wildman–Crippen LogP) is -0.222. The van der Waals surface area contributed by atoms with Gasteiger partial charge in [-0.15, -0.1) is 0 Å². The first-order valence-electron chi connectivity index (χ1n) is 6.46. The summed E-state index contributed by atoms with van der Waals surface area (Å²) in [5, 5.41) is 20.8. The normalized spacial score (nSPS) is 9.64. The molecule has 0 aliphatic heterocycles. The first-order chi connectivity index (χ1) is 10.1. The molecule has 0 aromatic heterocycles. The Labute approximate surface area is 172 Å². The molecule has 0 fully saturated rings. The number of carboxylic acids is 1. The molecule has 0 saturated carbocycles. The van der Waals surface area contributed by atoms with E-state index in [9.17, 15) is 14.7 Å². The molecule has 0 bridgehead atoms. The molecule has 22 heavy (non-hydrogen) atoms. The van der Waals surface area contributed by atoms with Crippen molar-refractivity contribution >= 4 is 17.6 Å². The molecule has 0 aliphatic rings. The van der Waals surface area contributed by atoms with E-state index in [0.717, 1.165) is 5.56 Å². The first kappa shape index (κ1) is 18.9. The molecule has 0 saturated heterocycles. The van der Waals surface area contributed by atoms with Gasteiger partial charge in [-0.05, 0) is 36.2 Å². The summed E-state index contributed by atoms with van der Waals surface area (Å²) in [6.45, 7) is 0. The number of hydrogen-bond donors (Lipinski definition) is 3. The number of phenolic OH excluding ortho intramolecular Hbond substituents is 1. The van der Waals surface area contributed by atoms with Crippen molar-refractivity contribution in [2.45, 2.75) is 12.8 Å². The second kappa shape index (κ2) is 9.07. The van der Waals surface area contributed by atoms with Gasteiger partial charge in [0.2, 0.25) is 5.91 Å². The van der Waals surface area contributed by atoms with Crippen LogP contribution < -0.4 is 56.7 Å². The van der Waals surface area contributed by atoms with Crippen molar-refractivity contribution < 1.29 is 72.6 Å². The number of nitrogens with one attached hydrogen (secondary N) is 1. The van der Waals surface area contributed by atoms with Gasteiger partial charge < -0.3 is 17.0 Å². The van der Waals surface area contributed by atoms with Crippen molar-refractivity contribution in [3.05, 3.63) is 59.7 Å². The van der Waals surface area contributed by atoms with Gasteiger partial charge in [-0.1, -0.05) is 24.3 Å². The van der Waals surface area contributed by atoms with Crippen LogP contribution in [-0.4, -0.2) is 22.1 Å². The SMILES string of the molecule is O=C(CCc1ccc(O)cc1)Nc1ccccc1C(=O)O.[H-].[K+]. The molecule has 5 nitrogen and oxygen atoms in total. The van der Waals surface area contributed by atoms with Crippen LogP contribution in [0.25, 0.3) is 0 Å². The Kier molecular flexibility index (Phi) is 7.78. The molecule has 0 unspecified atom stereocenters. The smallest absolute Gasteiger partial charge is 1.00 e. The van der Waals surface area contributed by atoms with Gasteiger partial charge in [-0.2, -0.15) is 0 Å². The van der Waals surface area contributed by atoms with E-state index in [1.807, 2.05) is 0 Å². The zero-order chi connectivity index (χ0) is 15.2. The van der Waals surface area contributed by atoms with E-state index >= 15 is 0 Å². The maximum absolute atomic E-state index is 11.9. The van der Waals surface area contributed by atoms with E-state index in [2.05, 4.69) is 5.32 Å². The van der Waals surface area contributed by atoms with E-state index in [-0.39, 0.29) is 76.5 Å². The summed E-state index contributed by atoms with van der Waals surface area (Å²) in [6, 6.07) is 12.9. The Morgan fingerprint density at radius 3 is 2.32 bits per heavy atom. The molecular weight excluding hydrogens is 309 g/mol. The first-order valence-corrected chi connectivity index (χ1v) is 6.46. The van der Waals surface area contributed by atoms with Crippen LogP contribution in [0.5, 0.6) is 5.75 Å². The zero-order valence-corrected chi connectivity index (χ0v) is 15.4. The Morgan fingerprint density at radius 2 is 1.68 bits per heavy atom. The number of aromatic carboxylic acids is 1. The van der Waals surface area contributed by atoms with Gasteiger partial charge in [0.1, 0.15) is 5.75 Å². The molecule has 0 atom stereocenters. The summed E-state index contributed by atoms with van der Waals surface area (Å²) in [5.41, 5.74) is 1.28. The molecule has 1 amide bonds. The number of phenols is 1. The Bertz CT molecular complexity index is 661. The summed E-state index contributed by atoms with van der Waals surface area (Å²) >= 11 is 0. The topological polar surface area (TPSA) is 86.6 Å². The molecule has 2 aromatic rings. The second-order valence-electron chi connectivity index (χ2n) is 4.57. The monoisotopic (exact) mass is 325 g/mol. The largest absolute Gasteiger partial charge is 1.00 e. The van der Waals surface area contributed by atoms with Gasteiger partial charge in [0.15, 0.2) is 0 Å². The molecule has 0 radical (unpaired) electrons. The number of benzene rings is 2. The molecule has 2 aromatic carbocycles. The summed E-state index contributed by atoms with van der Waals surface area (Å²) in [4.78, 5) is 22.9. The van der Waals surface area contributed by atoms with E-state index < -0.39 is 5.97 Å². The van der Waals surface area contributed by atoms with Crippen molar-refractivity contribution in [3.63, 3.8) is 0 Å². The fourth-order valence-corrected chi connectivity index (χ4v) is 1.91. The quantitative estimate of drug-likeness (QED) is 0.663. The molecular formula is C16H16KNO4. The predicted molar refractivity (Wildman–Crippen MR) is 79.6 cm³/mol. The summed E-state index contributed by atoms with van der Waals surface area (Å²) in [5.74, 6) is -1.15. The van der Waals surface area contributed by atoms with Crippen molar-refractivity contribution in [3.8, 4) is 5.75 Å². The van der Waals surface area contributed by atoms with Crippen molar-refractivity contribution in [2.24, 2.45) is 0 Å². The Hall–Kier alpha value is -1.18. The van der Waals surface area contributed by atoms with E-state index in [1.54, 1.807) is 42.5 Å². The van der Waals surface area contributed by atoms with Crippen LogP contribution in [0.4, 0.5) is 5.69 Å². The molecule has 110 valence electrons. The number of amides is 1. The second-order valence-corrected chi connectivity index (χ2v) is 4.57. The molecule has 0 aliphatic carbocycles. The standard InChI is InChI=1S/C16H15NO4.K.H/c18-12-8-5-11(6-9-12)7-10-15(19)17-14-4-2-1-3-13(14)16(20)21;;/h1-6,8-9,18H,7,10H2,(H,17,19)(H,20,21);;/q;+1;-1. The minimum Gasteiger partial charge on any atom is -1.00 e. The van der Waals surface area contributed by atoms with Crippen LogP contribution in [0.1, 0.15) is 23.8 Å². The maximum Gasteiger partial charge on any atom is 1.00 e. The van der Waals surface area contributed by atoms with Gasteiger partial charge in [0, 0.05) is 6.42 Å². The van der Waals surface area contributed by atoms with Crippen LogP contribution in [-0.2, 0) is 11.2 Å². The Balaban J connectivity index is 0.00000242. The van der Waals surface area contributed by atoms with E-state index in [1.165, 1.54) is 6.07 Å². The maximum atomic E-state index is 11.9. The Morgan fingerprint density at radius 1 is 1.05 bits per heavy atom. The number of hydrogen-bond acceptors (Lipinski definition) is 3. The van der Waals surface area contributed by atoms with Crippen LogP contribution in [0.3, 0.4) is 0 Å². The number of anilines is 1. The van der Waals surface area contributed by atoms with Crippen LogP contribution in [0, 0.1) is 0 Å². The van der Waals surface area contributed by atoms with Crippen LogP contribution >= 0.6 is 0 Å². The van der Waals surface area contributed by atoms with E-state index in [4.69, 9.17) is 5.11 Å². The zero-order valence-electron chi connectivity index (χ0n) is 13.2. The average Bonchev–Trinajstić information content (AvgIpc) is 2.47. The molecule has 3 N–H and O–H groups in total. The number of carbonyl (C=O) groups is 2. The van der Waals surface area contributed by atoms with Crippen molar-refractivity contribution in [2.75, 3.05) is 5.32 Å². The number of carboxylic acid groups (broad SMARTS) is 1. The van der Waals surface area contributed by atoms with Crippen LogP contribution in [0.15, 0.2) is 48.5 Å². The van der Waals surface area contributed by atoms with Gasteiger partial charge >= 0.3 is 57.4 Å². The summed E-state index contributed by atoms with van der Waals surface area (Å²) in [7, 11) is 0. The number of carbonyl (C=O) groups excluding carboxylic acids is 1. The van der Waals surface area contributed by atoms with Crippen molar-refractivity contribution in [1.82, 2.24) is 0 Å². The van der Waals surface area contributed by atoms with Crippen LogP contribution in [0.2, 0.25) is 0 Å². The molecule has 2 rings (SSSR count). The van der Waals surface area contributed by atoms with Gasteiger partial charge in [-0.25, -0.2) is 4.79 Å². The number of aromatic hydroxyl groups is 1. The minimum absolute atomic E-state index is 0. The summed E-state index contributed by atoms with van der Waals surface area (Å²) in [6.07, 6.45) is 0.750. The van der Waals surface area contributed by atoms with Gasteiger partial charge in [0.25, 0.3) is 0 Å². The molecule has 6 heteroatoms. The third-order valence-electron chi connectivity index (χ3n) is 3.01. The van der Waals surface area contributed by atoms with Crippen molar-refractivity contribution in [1.29, 1.82) is 0 Å². The minimum atomic E-state index is -1.08. The number of para-hydroxylation sites is 1. The third kappa shape index (κ3) is 5.55. The van der Waals surface area contributed by atoms with Gasteiger partial charge in [0.05, 0.1) is 11.3 Å². The average molecular weight is 325 g/mol. The summed E-state index contributed by atoms with van der Waals surface area (Å²) < 4.78 is 0. The number of aryl methyl sites for hydroxylation is 1. The number of rotatable bonds is 5. The third-order valence-corrected chi connectivity index (χ3v) is 3.01. The fourth-order valence-electron chi connectivity index (χ4n) is 1.91. The molecule has 0 heterocycles. The van der Waals surface area contributed by atoms with E-state index in [0.29, 0.717) is 12.1 Å². The molecule has 0 spiro atoms. The van der Waals surface area contributed by atoms with Gasteiger partial charge in [-0.3, -0.25) is 4.79 Å².